The second kappa shape index (κ2) is 6.96. The van der Waals surface area contributed by atoms with E-state index >= 15 is 0 Å². The van der Waals surface area contributed by atoms with Crippen molar-refractivity contribution in [3.63, 3.8) is 0 Å². The Bertz CT molecular complexity index is 76.1. The summed E-state index contributed by atoms with van der Waals surface area (Å²) in [5.74, 6) is 0. The summed E-state index contributed by atoms with van der Waals surface area (Å²) in [5, 5.41) is 16.7. The van der Waals surface area contributed by atoms with Crippen LogP contribution in [0.1, 0.15) is 0 Å². The average Bonchev–Trinajstić information content (AvgIpc) is 1.19. The second-order valence-corrected chi connectivity index (χ2v) is 1.75. The van der Waals surface area contributed by atoms with E-state index in [0.717, 1.165) is 0 Å². The molecule has 0 heterocycles. The van der Waals surface area contributed by atoms with Gasteiger partial charge in [0.1, 0.15) is 0 Å². The molecule has 0 fully saturated rings. The van der Waals surface area contributed by atoms with Crippen molar-refractivity contribution in [2.45, 2.75) is 0 Å². The summed E-state index contributed by atoms with van der Waals surface area (Å²) in [6.07, 6.45) is -2.33. The van der Waals surface area contributed by atoms with Crippen molar-refractivity contribution in [2.75, 3.05) is 0 Å². The molecule has 0 aliphatic rings. The normalized spacial score (nSPS) is 8.40. The summed E-state index contributed by atoms with van der Waals surface area (Å²) < 4.78 is 0. The van der Waals surface area contributed by atoms with E-state index in [1.807, 2.05) is 0 Å². The zero-order valence-electron chi connectivity index (χ0n) is 4.21. The fourth-order valence-corrected chi connectivity index (χ4v) is 0. The Hall–Kier alpha value is -0.154. The Morgan fingerprint density at radius 3 is 1.00 bits per heavy atom. The largest absolute Gasteiger partial charge is 6.00 e. The van der Waals surface area contributed by atoms with Crippen molar-refractivity contribution in [2.24, 2.45) is 0 Å². The van der Waals surface area contributed by atoms with E-state index in [-0.39, 0.29) is 17.1 Å². The van der Waals surface area contributed by atoms with Gasteiger partial charge in [0.2, 0.25) is 0 Å². The molecule has 0 amide bonds. The number of rotatable bonds is 0. The van der Waals surface area contributed by atoms with Gasteiger partial charge in [0, 0.05) is 0 Å². The quantitative estimate of drug-likeness (QED) is 0.357. The molecule has 0 bridgehead atoms. The zero-order valence-corrected chi connectivity index (χ0v) is 6.32. The van der Waals surface area contributed by atoms with Gasteiger partial charge in [-0.05, 0) is 6.16 Å². The number of hydrogen-bond donors (Lipinski definition) is 0. The molecule has 0 rings (SSSR count). The third kappa shape index (κ3) is 15600. The van der Waals surface area contributed by atoms with E-state index in [9.17, 15) is 0 Å². The maximum absolute atomic E-state index is 8.58. The van der Waals surface area contributed by atoms with Crippen molar-refractivity contribution in [1.82, 2.24) is 0 Å². The molecule has 9 heteroatoms. The van der Waals surface area contributed by atoms with Crippen molar-refractivity contribution in [1.29, 1.82) is 0 Å². The van der Waals surface area contributed by atoms with Gasteiger partial charge >= 0.3 is 17.1 Å². The molecule has 0 N–H and O–H groups in total. The molecular formula is CFeO7Si. The average molecular weight is 208 g/mol. The number of hydrogen-bond acceptors (Lipinski definition) is 7. The number of carboxylic acid groups (broad SMARTS) is 2. The molecule has 0 aliphatic heterocycles. The molecule has 58 valence electrons. The van der Waals surface area contributed by atoms with Crippen molar-refractivity contribution >= 4 is 15.2 Å². The van der Waals surface area contributed by atoms with E-state index in [2.05, 4.69) is 0 Å². The van der Waals surface area contributed by atoms with Crippen molar-refractivity contribution in [3.8, 4) is 0 Å². The van der Waals surface area contributed by atoms with Crippen LogP contribution in [0.4, 0.5) is 4.79 Å². The van der Waals surface area contributed by atoms with E-state index in [1.54, 1.807) is 0 Å². The third-order valence-corrected chi connectivity index (χ3v) is 0. The number of carbonyl (C=O) groups is 1. The van der Waals surface area contributed by atoms with Crippen LogP contribution in [0.2, 0.25) is 0 Å². The molecule has 0 spiro atoms. The summed E-state index contributed by atoms with van der Waals surface area (Å²) in [4.78, 5) is 42.6. The minimum absolute atomic E-state index is 0. The van der Waals surface area contributed by atoms with Crippen LogP contribution in [0.5, 0.6) is 0 Å². The Morgan fingerprint density at radius 2 is 1.00 bits per heavy atom. The Labute approximate surface area is 67.1 Å². The SMILES string of the molecule is O=C([O-])[O-].[Fe+6].[O-][Si]([O-])([O-])[O-]. The van der Waals surface area contributed by atoms with Crippen LogP contribution in [0.3, 0.4) is 0 Å². The summed E-state index contributed by atoms with van der Waals surface area (Å²) in [7, 11) is -5.61. The minimum atomic E-state index is -5.61. The smallest absolute Gasteiger partial charge is 0.894 e. The van der Waals surface area contributed by atoms with Gasteiger partial charge in [0.15, 0.2) is 0 Å². The monoisotopic (exact) mass is 208 g/mol. The maximum atomic E-state index is 8.58. The van der Waals surface area contributed by atoms with Crippen LogP contribution in [0.25, 0.3) is 0 Å². The summed E-state index contributed by atoms with van der Waals surface area (Å²) in [5.41, 5.74) is 0. The van der Waals surface area contributed by atoms with Gasteiger partial charge in [0.05, 0.1) is 0 Å². The van der Waals surface area contributed by atoms with Crippen LogP contribution >= 0.6 is 0 Å². The van der Waals surface area contributed by atoms with E-state index < -0.39 is 15.2 Å². The fraction of sp³-hybridized carbons (Fsp3) is 0. The summed E-state index contributed by atoms with van der Waals surface area (Å²) >= 11 is 0. The van der Waals surface area contributed by atoms with Gasteiger partial charge < -0.3 is 43.2 Å². The van der Waals surface area contributed by atoms with E-state index in [1.165, 1.54) is 0 Å². The molecule has 0 saturated carbocycles. The first-order valence-electron chi connectivity index (χ1n) is 1.43. The molecule has 7 nitrogen and oxygen atoms in total. The molecule has 10 heavy (non-hydrogen) atoms. The van der Waals surface area contributed by atoms with E-state index in [4.69, 9.17) is 34.2 Å². The Morgan fingerprint density at radius 1 is 1.00 bits per heavy atom. The van der Waals surface area contributed by atoms with Gasteiger partial charge in [-0.25, -0.2) is 0 Å². The van der Waals surface area contributed by atoms with Crippen LogP contribution in [0, 0.1) is 0 Å². The van der Waals surface area contributed by atoms with Crippen molar-refractivity contribution in [3.05, 3.63) is 0 Å². The predicted molar refractivity (Wildman–Crippen MR) is 11.1 cm³/mol. The third-order valence-electron chi connectivity index (χ3n) is 0. The first kappa shape index (κ1) is 16.4. The first-order chi connectivity index (χ1) is 3.73. The zero-order chi connectivity index (χ0) is 8.08. The van der Waals surface area contributed by atoms with Gasteiger partial charge in [-0.15, -0.1) is 0 Å². The number of carbonyl (C=O) groups excluding carboxylic acids is 1. The van der Waals surface area contributed by atoms with Gasteiger partial charge in [-0.2, -0.15) is 0 Å². The molecule has 0 aromatic rings. The molecule has 0 saturated heterocycles. The summed E-state index contributed by atoms with van der Waals surface area (Å²) in [6, 6.07) is 0. The fourth-order valence-electron chi connectivity index (χ4n) is 0. The predicted octanol–water partition coefficient (Wildman–Crippen LogP) is -7.59. The standard InChI is InChI=1S/CH2O3.Fe.O4Si/c2-1(3)4;;1-5(2,3)4/h(H2,2,3,4);;/q;+6;-4/p-2. The Kier molecular flexibility index (Phi) is 11.4. The van der Waals surface area contributed by atoms with Crippen LogP contribution < -0.4 is 29.4 Å². The van der Waals surface area contributed by atoms with Gasteiger partial charge in [-0.1, -0.05) is 0 Å². The molecule has 0 aromatic heterocycles. The minimum Gasteiger partial charge on any atom is -0.894 e. The molecular weight excluding hydrogens is 208 g/mol. The maximum Gasteiger partial charge on any atom is 6.00 e. The molecule has 0 unspecified atom stereocenters. The van der Waals surface area contributed by atoms with Gasteiger partial charge in [0.25, 0.3) is 0 Å². The summed E-state index contributed by atoms with van der Waals surface area (Å²) in [6.45, 7) is 0. The molecule has 0 aromatic carbocycles. The van der Waals surface area contributed by atoms with E-state index in [0.29, 0.717) is 0 Å². The molecule has 0 atom stereocenters. The van der Waals surface area contributed by atoms with Gasteiger partial charge in [-0.3, -0.25) is 0 Å². The topological polar surface area (TPSA) is 155 Å². The van der Waals surface area contributed by atoms with Crippen LogP contribution in [-0.4, -0.2) is 15.2 Å². The first-order valence-corrected chi connectivity index (χ1v) is 3.06. The van der Waals surface area contributed by atoms with Crippen LogP contribution in [-0.2, 0) is 17.1 Å². The second-order valence-electron chi connectivity index (χ2n) is 0.750. The molecule has 0 aliphatic carbocycles. The van der Waals surface area contributed by atoms with Crippen molar-refractivity contribution < 1.29 is 51.3 Å². The van der Waals surface area contributed by atoms with Crippen LogP contribution in [0.15, 0.2) is 0 Å². The molecule has 0 radical (unpaired) electrons. The Balaban J connectivity index is -0.0000000910.